The average Bonchev–Trinajstić information content (AvgIpc) is 2.55. The minimum atomic E-state index is -1.13. The SMILES string of the molecule is N#C/C(=N\Nc1cc(N2CCOCC2)ccc1C(=O)O)C(=N)N. The van der Waals surface area contributed by atoms with Crippen LogP contribution in [-0.4, -0.2) is 48.9 Å². The molecule has 1 aromatic rings. The molecule has 23 heavy (non-hydrogen) atoms. The molecule has 0 bridgehead atoms. The number of nitrogens with zero attached hydrogens (tertiary/aromatic N) is 3. The molecule has 2 rings (SSSR count). The molecule has 0 unspecified atom stereocenters. The Bertz CT molecular complexity index is 688. The summed E-state index contributed by atoms with van der Waals surface area (Å²) in [6.45, 7) is 2.60. The number of amidine groups is 1. The number of hydrazone groups is 1. The largest absolute Gasteiger partial charge is 0.478 e. The smallest absolute Gasteiger partial charge is 0.337 e. The average molecular weight is 316 g/mol. The van der Waals surface area contributed by atoms with Gasteiger partial charge in [-0.3, -0.25) is 10.8 Å². The van der Waals surface area contributed by atoms with E-state index in [1.54, 1.807) is 18.2 Å². The summed E-state index contributed by atoms with van der Waals surface area (Å²) in [4.78, 5) is 13.4. The number of carbonyl (C=O) groups is 1. The van der Waals surface area contributed by atoms with Crippen molar-refractivity contribution in [2.45, 2.75) is 0 Å². The van der Waals surface area contributed by atoms with Crippen molar-refractivity contribution in [3.63, 3.8) is 0 Å². The van der Waals surface area contributed by atoms with E-state index in [2.05, 4.69) is 15.4 Å². The molecule has 5 N–H and O–H groups in total. The highest BCUT2D eigenvalue weighted by atomic mass is 16.5. The predicted molar refractivity (Wildman–Crippen MR) is 85.0 cm³/mol. The summed E-state index contributed by atoms with van der Waals surface area (Å²) in [6.07, 6.45) is 0. The van der Waals surface area contributed by atoms with E-state index >= 15 is 0 Å². The van der Waals surface area contributed by atoms with Crippen LogP contribution in [-0.2, 0) is 4.74 Å². The number of aromatic carboxylic acids is 1. The second-order valence-electron chi connectivity index (χ2n) is 4.73. The Balaban J connectivity index is 2.32. The number of hydrogen-bond acceptors (Lipinski definition) is 7. The van der Waals surface area contributed by atoms with E-state index in [0.29, 0.717) is 26.3 Å². The number of morpholine rings is 1. The zero-order chi connectivity index (χ0) is 16.8. The number of nitrogens with one attached hydrogen (secondary N) is 2. The van der Waals surface area contributed by atoms with E-state index < -0.39 is 11.8 Å². The topological polar surface area (TPSA) is 148 Å². The summed E-state index contributed by atoms with van der Waals surface area (Å²) < 4.78 is 5.29. The van der Waals surface area contributed by atoms with Gasteiger partial charge < -0.3 is 20.5 Å². The van der Waals surface area contributed by atoms with Crippen LogP contribution in [0.15, 0.2) is 23.3 Å². The highest BCUT2D eigenvalue weighted by molar-refractivity contribution is 6.45. The van der Waals surface area contributed by atoms with Crippen LogP contribution < -0.4 is 16.1 Å². The molecule has 0 saturated carbocycles. The molecular weight excluding hydrogens is 300 g/mol. The molecule has 120 valence electrons. The molecule has 0 spiro atoms. The van der Waals surface area contributed by atoms with Crippen molar-refractivity contribution in [3.05, 3.63) is 23.8 Å². The molecule has 0 aliphatic carbocycles. The highest BCUT2D eigenvalue weighted by Crippen LogP contribution is 2.25. The Labute approximate surface area is 132 Å². The molecule has 1 aliphatic heterocycles. The van der Waals surface area contributed by atoms with Gasteiger partial charge in [0, 0.05) is 18.8 Å². The molecule has 0 radical (unpaired) electrons. The van der Waals surface area contributed by atoms with Gasteiger partial charge in [0.15, 0.2) is 5.84 Å². The van der Waals surface area contributed by atoms with Gasteiger partial charge >= 0.3 is 5.97 Å². The van der Waals surface area contributed by atoms with E-state index in [-0.39, 0.29) is 17.0 Å². The number of nitriles is 1. The second kappa shape index (κ2) is 7.24. The number of nitrogens with two attached hydrogens (primary N) is 1. The van der Waals surface area contributed by atoms with Gasteiger partial charge in [-0.2, -0.15) is 10.4 Å². The van der Waals surface area contributed by atoms with Crippen LogP contribution in [0.2, 0.25) is 0 Å². The zero-order valence-electron chi connectivity index (χ0n) is 12.2. The maximum absolute atomic E-state index is 11.3. The Morgan fingerprint density at radius 3 is 2.74 bits per heavy atom. The molecule has 1 aromatic carbocycles. The van der Waals surface area contributed by atoms with Crippen molar-refractivity contribution in [2.24, 2.45) is 10.8 Å². The standard InChI is InChI=1S/C14H16N6O3/c15-8-12(13(16)17)19-18-11-7-9(1-2-10(11)14(21)22)20-3-5-23-6-4-20/h1-2,7,18H,3-6H2,(H3,16,17)(H,21,22)/b19-12+. The number of carboxylic acids is 1. The van der Waals surface area contributed by atoms with Gasteiger partial charge in [0.2, 0.25) is 5.71 Å². The maximum Gasteiger partial charge on any atom is 0.337 e. The van der Waals surface area contributed by atoms with Gasteiger partial charge in [-0.25, -0.2) is 4.79 Å². The van der Waals surface area contributed by atoms with Crippen LogP contribution in [0.5, 0.6) is 0 Å². The minimum absolute atomic E-state index is 0.00611. The van der Waals surface area contributed by atoms with Gasteiger partial charge in [0.05, 0.1) is 24.5 Å². The summed E-state index contributed by atoms with van der Waals surface area (Å²) in [6, 6.07) is 6.47. The summed E-state index contributed by atoms with van der Waals surface area (Å²) in [7, 11) is 0. The first kappa shape index (κ1) is 16.3. The monoisotopic (exact) mass is 316 g/mol. The number of carboxylic acid groups (broad SMARTS) is 1. The lowest BCUT2D eigenvalue weighted by Gasteiger charge is -2.29. The van der Waals surface area contributed by atoms with E-state index in [1.165, 1.54) is 6.07 Å². The van der Waals surface area contributed by atoms with E-state index in [4.69, 9.17) is 21.1 Å². The molecule has 1 saturated heterocycles. The third-order valence-electron chi connectivity index (χ3n) is 3.26. The fraction of sp³-hybridized carbons (Fsp3) is 0.286. The van der Waals surface area contributed by atoms with Crippen molar-refractivity contribution >= 4 is 28.9 Å². The van der Waals surface area contributed by atoms with Gasteiger partial charge in [0.1, 0.15) is 6.07 Å². The molecule has 9 nitrogen and oxygen atoms in total. The Morgan fingerprint density at radius 2 is 2.17 bits per heavy atom. The predicted octanol–water partition coefficient (Wildman–Crippen LogP) is 0.449. The Kier molecular flexibility index (Phi) is 5.11. The summed E-state index contributed by atoms with van der Waals surface area (Å²) in [5.41, 5.74) is 8.44. The Hall–Kier alpha value is -3.12. The van der Waals surface area contributed by atoms with Gasteiger partial charge in [-0.15, -0.1) is 0 Å². The highest BCUT2D eigenvalue weighted by Gasteiger charge is 2.16. The van der Waals surface area contributed by atoms with Crippen LogP contribution in [0.4, 0.5) is 11.4 Å². The van der Waals surface area contributed by atoms with Crippen molar-refractivity contribution in [1.82, 2.24) is 0 Å². The molecule has 1 aliphatic rings. The molecule has 0 atom stereocenters. The minimum Gasteiger partial charge on any atom is -0.478 e. The van der Waals surface area contributed by atoms with Crippen molar-refractivity contribution in [1.29, 1.82) is 10.7 Å². The van der Waals surface area contributed by atoms with Gasteiger partial charge in [0.25, 0.3) is 0 Å². The molecular formula is C14H16N6O3. The number of anilines is 2. The lowest BCUT2D eigenvalue weighted by Crippen LogP contribution is -2.36. The Morgan fingerprint density at radius 1 is 1.48 bits per heavy atom. The van der Waals surface area contributed by atoms with Crippen molar-refractivity contribution in [2.75, 3.05) is 36.6 Å². The first-order chi connectivity index (χ1) is 11.0. The summed E-state index contributed by atoms with van der Waals surface area (Å²) >= 11 is 0. The van der Waals surface area contributed by atoms with Crippen LogP contribution in [0.1, 0.15) is 10.4 Å². The molecule has 1 heterocycles. The fourth-order valence-corrected chi connectivity index (χ4v) is 2.09. The first-order valence-electron chi connectivity index (χ1n) is 6.81. The fourth-order valence-electron chi connectivity index (χ4n) is 2.09. The second-order valence-corrected chi connectivity index (χ2v) is 4.73. The van der Waals surface area contributed by atoms with E-state index in [9.17, 15) is 9.90 Å². The van der Waals surface area contributed by atoms with Crippen LogP contribution in [0, 0.1) is 16.7 Å². The van der Waals surface area contributed by atoms with Crippen molar-refractivity contribution in [3.8, 4) is 6.07 Å². The van der Waals surface area contributed by atoms with Crippen LogP contribution >= 0.6 is 0 Å². The lowest BCUT2D eigenvalue weighted by atomic mass is 10.1. The molecule has 0 amide bonds. The molecule has 0 aromatic heterocycles. The first-order valence-corrected chi connectivity index (χ1v) is 6.81. The van der Waals surface area contributed by atoms with E-state index in [0.717, 1.165) is 5.69 Å². The molecule has 1 fully saturated rings. The lowest BCUT2D eigenvalue weighted by molar-refractivity contribution is 0.0698. The van der Waals surface area contributed by atoms with Crippen LogP contribution in [0.25, 0.3) is 0 Å². The number of rotatable bonds is 5. The third-order valence-corrected chi connectivity index (χ3v) is 3.26. The van der Waals surface area contributed by atoms with Gasteiger partial charge in [-0.1, -0.05) is 0 Å². The molecule has 9 heteroatoms. The van der Waals surface area contributed by atoms with Gasteiger partial charge in [-0.05, 0) is 18.2 Å². The zero-order valence-corrected chi connectivity index (χ0v) is 12.2. The maximum atomic E-state index is 11.3. The normalized spacial score (nSPS) is 14.9. The quantitative estimate of drug-likeness (QED) is 0.350. The third kappa shape index (κ3) is 3.96. The summed E-state index contributed by atoms with van der Waals surface area (Å²) in [5, 5.41) is 29.0. The number of hydrogen-bond donors (Lipinski definition) is 4. The number of ether oxygens (including phenoxy) is 1. The van der Waals surface area contributed by atoms with Crippen molar-refractivity contribution < 1.29 is 14.6 Å². The summed E-state index contributed by atoms with van der Waals surface area (Å²) in [5.74, 6) is -1.63. The number of benzene rings is 1. The van der Waals surface area contributed by atoms with E-state index in [1.807, 2.05) is 0 Å². The van der Waals surface area contributed by atoms with Crippen LogP contribution in [0.3, 0.4) is 0 Å².